The van der Waals surface area contributed by atoms with Crippen LogP contribution in [0.3, 0.4) is 0 Å². The molecule has 1 N–H and O–H groups in total. The fourth-order valence-corrected chi connectivity index (χ4v) is 6.23. The van der Waals surface area contributed by atoms with Gasteiger partial charge in [-0.05, 0) is 61.6 Å². The van der Waals surface area contributed by atoms with Gasteiger partial charge in [-0.15, -0.1) is 0 Å². The van der Waals surface area contributed by atoms with Gasteiger partial charge in [0.15, 0.2) is 0 Å². The van der Waals surface area contributed by atoms with Gasteiger partial charge < -0.3 is 9.64 Å². The number of fused-ring (bicyclic) bond motifs is 6. The fourth-order valence-electron chi connectivity index (χ4n) is 5.24. The molecule has 212 valence electrons. The Morgan fingerprint density at radius 2 is 1.75 bits per heavy atom. The van der Waals surface area contributed by atoms with Crippen LogP contribution in [0.4, 0.5) is 5.95 Å². The molecular weight excluding hydrogens is 526 g/mol. The number of carbonyl (C=O) groups excluding carboxylic acids is 1. The van der Waals surface area contributed by atoms with Crippen LogP contribution in [-0.4, -0.2) is 72.9 Å². The van der Waals surface area contributed by atoms with Crippen molar-refractivity contribution >= 4 is 21.9 Å². The van der Waals surface area contributed by atoms with Gasteiger partial charge >= 0.3 is 0 Å². The van der Waals surface area contributed by atoms with Gasteiger partial charge in [-0.1, -0.05) is 45.0 Å². The van der Waals surface area contributed by atoms with E-state index < -0.39 is 10.0 Å². The fraction of sp³-hybridized carbons (Fsp3) is 0.433. The minimum atomic E-state index is -4.07. The Kier molecular flexibility index (Phi) is 7.58. The van der Waals surface area contributed by atoms with E-state index in [0.29, 0.717) is 37.5 Å². The number of aryl methyl sites for hydroxylation is 2. The van der Waals surface area contributed by atoms with Crippen molar-refractivity contribution in [3.63, 3.8) is 0 Å². The average Bonchev–Trinajstić information content (AvgIpc) is 2.89. The second kappa shape index (κ2) is 10.8. The third-order valence-corrected chi connectivity index (χ3v) is 8.85. The third kappa shape index (κ3) is 6.13. The summed E-state index contributed by atoms with van der Waals surface area (Å²) in [6.45, 7) is 13.6. The number of benzene rings is 2. The summed E-state index contributed by atoms with van der Waals surface area (Å²) in [5, 5.41) is 0. The van der Waals surface area contributed by atoms with Crippen molar-refractivity contribution in [3.8, 4) is 17.1 Å². The number of sulfonamides is 1. The summed E-state index contributed by atoms with van der Waals surface area (Å²) in [7, 11) is -4.07. The van der Waals surface area contributed by atoms with Crippen molar-refractivity contribution in [1.82, 2.24) is 19.8 Å². The number of rotatable bonds is 3. The summed E-state index contributed by atoms with van der Waals surface area (Å²) in [6, 6.07) is 13.8. The number of aromatic nitrogens is 2. The van der Waals surface area contributed by atoms with E-state index in [1.54, 1.807) is 23.1 Å². The van der Waals surface area contributed by atoms with Gasteiger partial charge in [-0.3, -0.25) is 9.69 Å². The molecule has 3 heterocycles. The molecule has 2 aromatic carbocycles. The Morgan fingerprint density at radius 3 is 2.48 bits per heavy atom. The molecule has 5 rings (SSSR count). The lowest BCUT2D eigenvalue weighted by atomic mass is 9.91. The first-order chi connectivity index (χ1) is 18.9. The molecule has 10 heteroatoms. The number of piperazine rings is 1. The first kappa shape index (κ1) is 28.0. The van der Waals surface area contributed by atoms with Crippen LogP contribution < -0.4 is 9.46 Å². The zero-order valence-electron chi connectivity index (χ0n) is 23.8. The highest BCUT2D eigenvalue weighted by molar-refractivity contribution is 7.92. The highest BCUT2D eigenvalue weighted by Crippen LogP contribution is 2.30. The van der Waals surface area contributed by atoms with E-state index in [2.05, 4.69) is 40.4 Å². The smallest absolute Gasteiger partial charge is 0.264 e. The maximum absolute atomic E-state index is 13.5. The molecule has 3 aromatic rings. The van der Waals surface area contributed by atoms with E-state index >= 15 is 0 Å². The van der Waals surface area contributed by atoms with Crippen molar-refractivity contribution in [2.24, 2.45) is 5.41 Å². The van der Waals surface area contributed by atoms with Crippen LogP contribution in [0.25, 0.3) is 11.3 Å². The molecule has 0 saturated carbocycles. The number of carbonyl (C=O) groups is 1. The highest BCUT2D eigenvalue weighted by atomic mass is 32.2. The number of hydrogen-bond donors (Lipinski definition) is 1. The Labute approximate surface area is 236 Å². The third-order valence-electron chi connectivity index (χ3n) is 7.52. The van der Waals surface area contributed by atoms with Crippen molar-refractivity contribution < 1.29 is 17.9 Å². The largest absolute Gasteiger partial charge is 0.476 e. The molecule has 1 fully saturated rings. The zero-order valence-corrected chi connectivity index (χ0v) is 24.6. The second-order valence-electron chi connectivity index (χ2n) is 11.9. The van der Waals surface area contributed by atoms with Crippen LogP contribution in [-0.2, 0) is 10.0 Å². The Balaban J connectivity index is 1.59. The molecule has 40 heavy (non-hydrogen) atoms. The van der Waals surface area contributed by atoms with E-state index in [1.807, 2.05) is 32.0 Å². The SMILES string of the molecule is Cc1cccc(C)c1-c1cc2nc(n1)NS(=O)(=O)c1cccc(c1)C(=O)N1CCN(CCC(C)(C)C)C(CO2)C1. The Hall–Kier alpha value is -3.50. The number of hydrogen-bond acceptors (Lipinski definition) is 7. The maximum Gasteiger partial charge on any atom is 0.264 e. The normalized spacial score (nSPS) is 19.4. The van der Waals surface area contributed by atoms with Gasteiger partial charge in [0.2, 0.25) is 11.8 Å². The van der Waals surface area contributed by atoms with Crippen LogP contribution in [0, 0.1) is 19.3 Å². The molecule has 2 aliphatic heterocycles. The summed E-state index contributed by atoms with van der Waals surface area (Å²) in [6.07, 6.45) is 1.01. The van der Waals surface area contributed by atoms with Crippen molar-refractivity contribution in [2.75, 3.05) is 37.5 Å². The second-order valence-corrected chi connectivity index (χ2v) is 13.6. The zero-order chi connectivity index (χ0) is 28.7. The molecule has 6 bridgehead atoms. The van der Waals surface area contributed by atoms with Crippen LogP contribution in [0.2, 0.25) is 0 Å². The molecule has 2 aliphatic rings. The predicted octanol–water partition coefficient (Wildman–Crippen LogP) is 4.52. The lowest BCUT2D eigenvalue weighted by Gasteiger charge is -2.42. The minimum absolute atomic E-state index is 0.0284. The van der Waals surface area contributed by atoms with E-state index in [-0.39, 0.29) is 34.1 Å². The number of ether oxygens (including phenoxy) is 1. The molecular formula is C30H37N5O4S. The van der Waals surface area contributed by atoms with Crippen LogP contribution in [0.1, 0.15) is 48.7 Å². The van der Waals surface area contributed by atoms with E-state index in [4.69, 9.17) is 4.74 Å². The van der Waals surface area contributed by atoms with Gasteiger partial charge in [0, 0.05) is 36.8 Å². The summed E-state index contributed by atoms with van der Waals surface area (Å²) in [5.41, 5.74) is 4.00. The monoisotopic (exact) mass is 563 g/mol. The predicted molar refractivity (Wildman–Crippen MR) is 155 cm³/mol. The first-order valence-electron chi connectivity index (χ1n) is 13.6. The summed E-state index contributed by atoms with van der Waals surface area (Å²) >= 11 is 0. The van der Waals surface area contributed by atoms with Gasteiger partial charge in [0.25, 0.3) is 15.9 Å². The number of nitrogens with one attached hydrogen (secondary N) is 1. The Bertz CT molecular complexity index is 1510. The number of anilines is 1. The Morgan fingerprint density at radius 1 is 1.02 bits per heavy atom. The molecule has 0 spiro atoms. The van der Waals surface area contributed by atoms with Crippen molar-refractivity contribution in [3.05, 3.63) is 65.2 Å². The first-order valence-corrected chi connectivity index (χ1v) is 15.1. The molecule has 1 aromatic heterocycles. The number of amides is 1. The quantitative estimate of drug-likeness (QED) is 0.500. The number of nitrogens with zero attached hydrogens (tertiary/aromatic N) is 4. The average molecular weight is 564 g/mol. The molecule has 1 saturated heterocycles. The van der Waals surface area contributed by atoms with Gasteiger partial charge in [0.05, 0.1) is 16.6 Å². The minimum Gasteiger partial charge on any atom is -0.476 e. The molecule has 1 atom stereocenters. The lowest BCUT2D eigenvalue weighted by molar-refractivity contribution is 0.0315. The van der Waals surface area contributed by atoms with Crippen molar-refractivity contribution in [1.29, 1.82) is 0 Å². The summed E-state index contributed by atoms with van der Waals surface area (Å²) in [4.78, 5) is 26.7. The van der Waals surface area contributed by atoms with Crippen LogP contribution in [0.5, 0.6) is 5.88 Å². The van der Waals surface area contributed by atoms with E-state index in [1.165, 1.54) is 12.1 Å². The van der Waals surface area contributed by atoms with Crippen molar-refractivity contribution in [2.45, 2.75) is 52.0 Å². The molecule has 0 radical (unpaired) electrons. The van der Waals surface area contributed by atoms with Crippen LogP contribution >= 0.6 is 0 Å². The van der Waals surface area contributed by atoms with Gasteiger partial charge in [-0.25, -0.2) is 18.1 Å². The van der Waals surface area contributed by atoms with Crippen LogP contribution in [0.15, 0.2) is 53.4 Å². The maximum atomic E-state index is 13.5. The molecule has 0 aliphatic carbocycles. The highest BCUT2D eigenvalue weighted by Gasteiger charge is 2.32. The van der Waals surface area contributed by atoms with Gasteiger partial charge in [-0.2, -0.15) is 4.98 Å². The summed E-state index contributed by atoms with van der Waals surface area (Å²) in [5.74, 6) is -0.00384. The molecule has 9 nitrogen and oxygen atoms in total. The molecule has 1 amide bonds. The standard InChI is InChI=1S/C30H37N5O4S/c1-20-8-6-9-21(2)27(20)25-17-26-32-29(31-25)33-40(37,38)24-11-7-10-22(16-24)28(36)35-15-14-34(13-12-30(3,4)5)23(18-35)19-39-26/h6-11,16-17,23H,12-15,18-19H2,1-5H3,(H,31,32,33). The van der Waals surface area contributed by atoms with Gasteiger partial charge in [0.1, 0.15) is 6.61 Å². The topological polar surface area (TPSA) is 105 Å². The van der Waals surface area contributed by atoms with E-state index in [9.17, 15) is 13.2 Å². The lowest BCUT2D eigenvalue weighted by Crippen LogP contribution is -2.57. The molecule has 1 unspecified atom stereocenters. The van der Waals surface area contributed by atoms with E-state index in [0.717, 1.165) is 29.7 Å². The summed E-state index contributed by atoms with van der Waals surface area (Å²) < 4.78 is 35.5.